The summed E-state index contributed by atoms with van der Waals surface area (Å²) in [5.41, 5.74) is 4.32. The maximum absolute atomic E-state index is 4.76. The monoisotopic (exact) mass is 343 g/mol. The van der Waals surface area contributed by atoms with Gasteiger partial charge in [0.2, 0.25) is 0 Å². The molecule has 0 rings (SSSR count). The molecule has 0 saturated heterocycles. The molecule has 0 aliphatic carbocycles. The summed E-state index contributed by atoms with van der Waals surface area (Å²) in [7, 11) is 0. The lowest BCUT2D eigenvalue weighted by atomic mass is 10.1. The van der Waals surface area contributed by atoms with Crippen molar-refractivity contribution in [3.8, 4) is 0 Å². The Morgan fingerprint density at radius 3 is 2.52 bits per heavy atom. The Labute approximate surface area is 155 Å². The molecule has 0 bridgehead atoms. The van der Waals surface area contributed by atoms with Crippen molar-refractivity contribution < 1.29 is 0 Å². The predicted octanol–water partition coefficient (Wildman–Crippen LogP) is 5.31. The maximum Gasteiger partial charge on any atom is 0.0443 e. The summed E-state index contributed by atoms with van der Waals surface area (Å²) >= 11 is 0. The summed E-state index contributed by atoms with van der Waals surface area (Å²) in [6.45, 7) is 18.4. The standard InChI is InChI=1S/C22H37N3/c1-8-12-22(25-21(7)15-16-24-19(5)9-2)17-18(4)13-11-14-20(6)23-10-3/h8,11-15,19,23-24H,6,9-10,16-17H2,1-5,7H3/b12-8+,14-11-,18-13+,21-15-,25-22+. The molecule has 25 heavy (non-hydrogen) atoms. The average Bonchev–Trinajstić information content (AvgIpc) is 2.55. The van der Waals surface area contributed by atoms with Gasteiger partial charge in [-0.25, -0.2) is 0 Å². The number of rotatable bonds is 12. The highest BCUT2D eigenvalue weighted by atomic mass is 14.9. The molecule has 0 aromatic carbocycles. The SMILES string of the molecule is C=C(/C=C\C=C(/C)CC(/C=C/C)=N/C(C)=C\CNC(C)CC)NCC. The van der Waals surface area contributed by atoms with E-state index in [0.29, 0.717) is 6.04 Å². The van der Waals surface area contributed by atoms with Gasteiger partial charge in [0.1, 0.15) is 0 Å². The van der Waals surface area contributed by atoms with Gasteiger partial charge in [0.05, 0.1) is 0 Å². The fourth-order valence-corrected chi connectivity index (χ4v) is 2.11. The van der Waals surface area contributed by atoms with Crippen molar-refractivity contribution in [3.63, 3.8) is 0 Å². The van der Waals surface area contributed by atoms with Crippen molar-refractivity contribution in [2.24, 2.45) is 4.99 Å². The lowest BCUT2D eigenvalue weighted by Gasteiger charge is -2.08. The fraction of sp³-hybridized carbons (Fsp3) is 0.500. The molecule has 0 radical (unpaired) electrons. The highest BCUT2D eigenvalue weighted by Gasteiger charge is 1.98. The van der Waals surface area contributed by atoms with E-state index in [4.69, 9.17) is 4.99 Å². The molecule has 140 valence electrons. The van der Waals surface area contributed by atoms with Gasteiger partial charge in [-0.1, -0.05) is 37.3 Å². The Hall–Kier alpha value is -1.87. The number of likely N-dealkylation sites (N-methyl/N-ethyl adjacent to an activating group) is 1. The summed E-state index contributed by atoms with van der Waals surface area (Å²) in [6.07, 6.45) is 14.4. The van der Waals surface area contributed by atoms with Crippen LogP contribution in [0.2, 0.25) is 0 Å². The van der Waals surface area contributed by atoms with Crippen LogP contribution in [0.1, 0.15) is 54.4 Å². The molecule has 0 spiro atoms. The molecule has 0 amide bonds. The van der Waals surface area contributed by atoms with Crippen molar-refractivity contribution in [3.05, 3.63) is 60.0 Å². The van der Waals surface area contributed by atoms with Crippen LogP contribution >= 0.6 is 0 Å². The minimum atomic E-state index is 0.539. The summed E-state index contributed by atoms with van der Waals surface area (Å²) in [5, 5.41) is 6.64. The first-order valence-corrected chi connectivity index (χ1v) is 9.29. The van der Waals surface area contributed by atoms with E-state index in [-0.39, 0.29) is 0 Å². The topological polar surface area (TPSA) is 36.4 Å². The van der Waals surface area contributed by atoms with E-state index < -0.39 is 0 Å². The molecule has 0 fully saturated rings. The maximum atomic E-state index is 4.76. The number of nitrogens with one attached hydrogen (secondary N) is 2. The molecule has 0 aliphatic heterocycles. The van der Waals surface area contributed by atoms with E-state index in [0.717, 1.165) is 43.0 Å². The summed E-state index contributed by atoms with van der Waals surface area (Å²) in [5.74, 6) is 0. The Balaban J connectivity index is 4.81. The van der Waals surface area contributed by atoms with Crippen molar-refractivity contribution >= 4 is 5.71 Å². The lowest BCUT2D eigenvalue weighted by Crippen LogP contribution is -2.25. The fourth-order valence-electron chi connectivity index (χ4n) is 2.11. The molecule has 1 atom stereocenters. The highest BCUT2D eigenvalue weighted by molar-refractivity contribution is 5.97. The van der Waals surface area contributed by atoms with Gasteiger partial charge >= 0.3 is 0 Å². The Bertz CT molecular complexity index is 533. The van der Waals surface area contributed by atoms with Crippen molar-refractivity contribution in [1.82, 2.24) is 10.6 Å². The highest BCUT2D eigenvalue weighted by Crippen LogP contribution is 2.07. The van der Waals surface area contributed by atoms with Crippen LogP contribution in [-0.4, -0.2) is 24.8 Å². The van der Waals surface area contributed by atoms with Crippen molar-refractivity contribution in [1.29, 1.82) is 0 Å². The molecule has 0 aliphatic rings. The number of hydrogen-bond donors (Lipinski definition) is 2. The normalized spacial score (nSPS) is 15.2. The zero-order valence-electron chi connectivity index (χ0n) is 17.0. The first-order valence-electron chi connectivity index (χ1n) is 9.29. The average molecular weight is 344 g/mol. The number of aliphatic imine (C=N–C) groups is 1. The van der Waals surface area contributed by atoms with Gasteiger partial charge in [-0.15, -0.1) is 0 Å². The van der Waals surface area contributed by atoms with Crippen molar-refractivity contribution in [2.45, 2.75) is 60.4 Å². The molecule has 2 N–H and O–H groups in total. The third-order valence-electron chi connectivity index (χ3n) is 3.70. The second-order valence-electron chi connectivity index (χ2n) is 6.27. The largest absolute Gasteiger partial charge is 0.386 e. The molecular weight excluding hydrogens is 306 g/mol. The Morgan fingerprint density at radius 1 is 1.20 bits per heavy atom. The summed E-state index contributed by atoms with van der Waals surface area (Å²) in [4.78, 5) is 4.76. The van der Waals surface area contributed by atoms with Crippen LogP contribution in [0.5, 0.6) is 0 Å². The third kappa shape index (κ3) is 13.1. The second-order valence-corrected chi connectivity index (χ2v) is 6.27. The Morgan fingerprint density at radius 2 is 1.92 bits per heavy atom. The zero-order chi connectivity index (χ0) is 19.1. The van der Waals surface area contributed by atoms with E-state index in [1.807, 2.05) is 25.2 Å². The minimum absolute atomic E-state index is 0.539. The predicted molar refractivity (Wildman–Crippen MR) is 114 cm³/mol. The van der Waals surface area contributed by atoms with Crippen LogP contribution in [-0.2, 0) is 0 Å². The molecule has 0 heterocycles. The van der Waals surface area contributed by atoms with Gasteiger partial charge < -0.3 is 10.6 Å². The van der Waals surface area contributed by atoms with Gasteiger partial charge in [-0.05, 0) is 59.3 Å². The first kappa shape index (κ1) is 23.1. The minimum Gasteiger partial charge on any atom is -0.386 e. The zero-order valence-corrected chi connectivity index (χ0v) is 17.0. The van der Waals surface area contributed by atoms with Gasteiger partial charge in [-0.2, -0.15) is 0 Å². The first-order chi connectivity index (χ1) is 11.9. The number of allylic oxidation sites excluding steroid dienone is 7. The van der Waals surface area contributed by atoms with Crippen LogP contribution < -0.4 is 10.6 Å². The smallest absolute Gasteiger partial charge is 0.0443 e. The van der Waals surface area contributed by atoms with Crippen LogP contribution in [0.15, 0.2) is 65.0 Å². The van der Waals surface area contributed by atoms with Gasteiger partial charge in [0.15, 0.2) is 0 Å². The van der Waals surface area contributed by atoms with E-state index in [2.05, 4.69) is 70.1 Å². The van der Waals surface area contributed by atoms with E-state index in [1.54, 1.807) is 0 Å². The molecule has 3 heteroatoms. The second kappa shape index (κ2) is 14.5. The van der Waals surface area contributed by atoms with Crippen LogP contribution in [0.3, 0.4) is 0 Å². The van der Waals surface area contributed by atoms with E-state index >= 15 is 0 Å². The lowest BCUT2D eigenvalue weighted by molar-refractivity contribution is 0.566. The van der Waals surface area contributed by atoms with E-state index in [9.17, 15) is 0 Å². The van der Waals surface area contributed by atoms with Gasteiger partial charge in [0, 0.05) is 42.7 Å². The molecular formula is C22H37N3. The van der Waals surface area contributed by atoms with Crippen LogP contribution in [0, 0.1) is 0 Å². The van der Waals surface area contributed by atoms with Gasteiger partial charge in [-0.3, -0.25) is 4.99 Å². The molecule has 0 aromatic rings. The molecule has 1 unspecified atom stereocenters. The molecule has 3 nitrogen and oxygen atoms in total. The van der Waals surface area contributed by atoms with Gasteiger partial charge in [0.25, 0.3) is 0 Å². The third-order valence-corrected chi connectivity index (χ3v) is 3.70. The quantitative estimate of drug-likeness (QED) is 0.372. The molecule has 0 saturated carbocycles. The summed E-state index contributed by atoms with van der Waals surface area (Å²) < 4.78 is 0. The van der Waals surface area contributed by atoms with Crippen molar-refractivity contribution in [2.75, 3.05) is 13.1 Å². The van der Waals surface area contributed by atoms with Crippen LogP contribution in [0.4, 0.5) is 0 Å². The number of nitrogens with zero attached hydrogens (tertiary/aromatic N) is 1. The summed E-state index contributed by atoms with van der Waals surface area (Å²) in [6, 6.07) is 0.539. The van der Waals surface area contributed by atoms with E-state index in [1.165, 1.54) is 5.57 Å². The Kier molecular flexibility index (Phi) is 13.4. The molecule has 0 aromatic heterocycles. The number of hydrogen-bond acceptors (Lipinski definition) is 3. The van der Waals surface area contributed by atoms with Crippen LogP contribution in [0.25, 0.3) is 0 Å².